The fraction of sp³-hybridized carbons (Fsp3) is 0.409. The minimum absolute atomic E-state index is 0.0154. The number of carbonyl (C=O) groups is 10. The Balaban J connectivity index is 0.992. The Bertz CT molecular complexity index is 5110. The van der Waals surface area contributed by atoms with Gasteiger partial charge in [-0.2, -0.15) is 0 Å². The van der Waals surface area contributed by atoms with Crippen LogP contribution in [0.3, 0.4) is 0 Å². The molecule has 1 saturated heterocycles. The number of benzene rings is 7. The number of likely N-dealkylation sites (tertiary alicyclic amines) is 1. The van der Waals surface area contributed by atoms with Crippen LogP contribution in [-0.2, 0) is 91.5 Å². The van der Waals surface area contributed by atoms with Gasteiger partial charge in [0.25, 0.3) is 5.91 Å². The highest BCUT2D eigenvalue weighted by Crippen LogP contribution is 2.32. The second-order valence-electron chi connectivity index (χ2n) is 32.8. The number of aromatic nitrogens is 3. The molecule has 6 aliphatic heterocycles. The summed E-state index contributed by atoms with van der Waals surface area (Å²) in [5.41, 5.74) is 7.06. The van der Waals surface area contributed by atoms with E-state index in [1.54, 1.807) is 142 Å². The summed E-state index contributed by atoms with van der Waals surface area (Å²) in [6.07, 6.45) is 1.07. The summed E-state index contributed by atoms with van der Waals surface area (Å²) < 4.78 is 48.7. The molecule has 9 amide bonds. The Morgan fingerprint density at radius 3 is 1.68 bits per heavy atom. The van der Waals surface area contributed by atoms with E-state index in [-0.39, 0.29) is 81.8 Å². The van der Waals surface area contributed by atoms with Crippen LogP contribution in [0.15, 0.2) is 164 Å². The van der Waals surface area contributed by atoms with Crippen LogP contribution < -0.4 is 68.3 Å². The quantitative estimate of drug-likeness (QED) is 0.0451. The Labute approximate surface area is 700 Å². The lowest BCUT2D eigenvalue weighted by Gasteiger charge is -2.38. The number of nitrogens with zero attached hydrogens (tertiary/aromatic N) is 6. The molecule has 1 fully saturated rings. The molecule has 8 aromatic rings. The summed E-state index contributed by atoms with van der Waals surface area (Å²) in [7, 11) is 4.38. The molecule has 8 bridgehead atoms. The third-order valence-electron chi connectivity index (χ3n) is 21.7. The molecular weight excluding hydrogens is 1560 g/mol. The monoisotopic (exact) mass is 1660 g/mol. The number of likely N-dealkylation sites (N-methyl/N-ethyl adjacent to an activating group) is 2. The molecule has 33 heteroatoms. The number of hydrogen-bond donors (Lipinski definition) is 12. The van der Waals surface area contributed by atoms with Gasteiger partial charge in [-0.25, -0.2) is 18.3 Å². The van der Waals surface area contributed by atoms with E-state index in [0.29, 0.717) is 33.7 Å². The molecule has 0 aliphatic carbocycles. The number of rotatable bonds is 19. The third kappa shape index (κ3) is 22.5. The molecule has 11 atom stereocenters. The molecule has 0 spiro atoms. The average molecular weight is 1660 g/mol. The lowest BCUT2D eigenvalue weighted by atomic mass is 9.85. The van der Waals surface area contributed by atoms with Gasteiger partial charge in [-0.1, -0.05) is 163 Å². The van der Waals surface area contributed by atoms with E-state index in [0.717, 1.165) is 38.4 Å². The molecule has 31 nitrogen and oxygen atoms in total. The minimum Gasteiger partial charge on any atom is -0.503 e. The first-order valence-electron chi connectivity index (χ1n) is 40.3. The van der Waals surface area contributed by atoms with Crippen molar-refractivity contribution in [2.75, 3.05) is 40.9 Å². The third-order valence-corrected chi connectivity index (χ3v) is 21.7. The van der Waals surface area contributed by atoms with Crippen molar-refractivity contribution in [2.24, 2.45) is 10.8 Å². The van der Waals surface area contributed by atoms with Crippen molar-refractivity contribution in [1.29, 1.82) is 0 Å². The number of carbonyl (C=O) groups excluding carboxylic acids is 10. The Morgan fingerprint density at radius 1 is 0.636 bits per heavy atom. The van der Waals surface area contributed by atoms with E-state index in [9.17, 15) is 33.1 Å². The van der Waals surface area contributed by atoms with Crippen molar-refractivity contribution >= 4 is 80.7 Å². The smallest absolute Gasteiger partial charge is 0.328 e. The van der Waals surface area contributed by atoms with Crippen LogP contribution in [-0.4, -0.2) is 195 Å². The van der Waals surface area contributed by atoms with Crippen LogP contribution in [0.1, 0.15) is 115 Å². The summed E-state index contributed by atoms with van der Waals surface area (Å²) in [5.74, 6) is -10.4. The van der Waals surface area contributed by atoms with Crippen molar-refractivity contribution in [2.45, 2.75) is 181 Å². The maximum Gasteiger partial charge on any atom is 0.328 e. The first-order chi connectivity index (χ1) is 57.7. The van der Waals surface area contributed by atoms with E-state index in [1.807, 2.05) is 78.9 Å². The molecule has 121 heavy (non-hydrogen) atoms. The predicted octanol–water partition coefficient (Wildman–Crippen LogP) is 5.39. The second-order valence-corrected chi connectivity index (χ2v) is 32.8. The van der Waals surface area contributed by atoms with Gasteiger partial charge in [-0.3, -0.25) is 48.2 Å². The zero-order chi connectivity index (χ0) is 87.1. The number of amides is 9. The molecule has 6 aliphatic rings. The van der Waals surface area contributed by atoms with Crippen molar-refractivity contribution in [3.05, 3.63) is 209 Å². The normalized spacial score (nSPS) is 20.0. The van der Waals surface area contributed by atoms with Gasteiger partial charge in [0.1, 0.15) is 72.7 Å². The summed E-state index contributed by atoms with van der Waals surface area (Å²) in [6.45, 7) is 14.7. The Morgan fingerprint density at radius 2 is 1.15 bits per heavy atom. The van der Waals surface area contributed by atoms with Crippen LogP contribution in [0.5, 0.6) is 17.2 Å². The predicted molar refractivity (Wildman–Crippen MR) is 446 cm³/mol. The lowest BCUT2D eigenvalue weighted by Crippen LogP contribution is -2.63. The van der Waals surface area contributed by atoms with Crippen molar-refractivity contribution in [3.63, 3.8) is 0 Å². The number of fused-ring (bicyclic) bond motifs is 2. The van der Waals surface area contributed by atoms with Gasteiger partial charge in [0, 0.05) is 51.5 Å². The van der Waals surface area contributed by atoms with Crippen LogP contribution >= 0.6 is 0 Å². The molecule has 642 valence electrons. The molecular formula is C88H107F2N17O14. The fourth-order valence-corrected chi connectivity index (χ4v) is 14.7. The summed E-state index contributed by atoms with van der Waals surface area (Å²) in [5, 5.41) is 49.8. The second kappa shape index (κ2) is 39.5. The van der Waals surface area contributed by atoms with Crippen LogP contribution in [0.4, 0.5) is 8.78 Å². The molecule has 1 aromatic heterocycles. The highest BCUT2D eigenvalue weighted by atomic mass is 19.1. The molecule has 12 N–H and O–H groups in total. The number of hydrogen-bond acceptors (Lipinski definition) is 21. The zero-order valence-corrected chi connectivity index (χ0v) is 69.8. The number of phenols is 1. The Kier molecular flexibility index (Phi) is 29.1. The van der Waals surface area contributed by atoms with Gasteiger partial charge < -0.3 is 82.4 Å². The number of aromatic hydroxyl groups is 1. The summed E-state index contributed by atoms with van der Waals surface area (Å²) in [6, 6.07) is 29.0. The van der Waals surface area contributed by atoms with Crippen molar-refractivity contribution in [3.8, 4) is 17.2 Å². The van der Waals surface area contributed by atoms with E-state index >= 15 is 28.8 Å². The average Bonchev–Trinajstić information content (AvgIpc) is 1.76. The zero-order valence-electron chi connectivity index (χ0n) is 69.8. The number of nitrogens with one attached hydrogen (secondary N) is 11. The number of hydrazine groups is 2. The Hall–Kier alpha value is -12.6. The van der Waals surface area contributed by atoms with Gasteiger partial charge >= 0.3 is 5.97 Å². The van der Waals surface area contributed by atoms with E-state index in [4.69, 9.17) is 14.2 Å². The van der Waals surface area contributed by atoms with Gasteiger partial charge in [-0.05, 0) is 137 Å². The largest absolute Gasteiger partial charge is 0.503 e. The van der Waals surface area contributed by atoms with Crippen molar-refractivity contribution in [1.82, 2.24) is 88.6 Å². The SMILES string of the molecule is CCCN(C(=O)[C@@H](NC(=O)[C@H](C)NC)C(C)(C)C)[C@@H]1C(=O)N[C@@H](Cc2ccc3ccccc3c2)C(=O)N[C@H](C(=O)NCc2cc(F)c(O)c(F)c2)Cc2ccc(cc2)OCC2=CN(NN2)[C@@H]2CCN(C(=O)[C@@H](NC(=O)[C@H](C)NC)C(C)(C)C)[C@@H]2C(=O)N[C@@H](Cc2ccc3ccccc3c2)C(=O)N[C@H](C(=O)OC)Cc2ccc(cc2)OCc2cn1nn2. The minimum atomic E-state index is -1.76. The first-order valence-corrected chi connectivity index (χ1v) is 40.3. The molecule has 7 aromatic carbocycles. The number of esters is 1. The number of phenolic OH excluding ortho intramolecular Hbond substituents is 1. The van der Waals surface area contributed by atoms with Crippen LogP contribution in [0.2, 0.25) is 0 Å². The van der Waals surface area contributed by atoms with Gasteiger partial charge in [0.2, 0.25) is 53.4 Å². The van der Waals surface area contributed by atoms with E-state index in [1.165, 1.54) is 23.1 Å². The number of ether oxygens (including phenoxy) is 3. The van der Waals surface area contributed by atoms with Crippen molar-refractivity contribution < 1.29 is 76.0 Å². The maximum absolute atomic E-state index is 16.0. The number of methoxy groups -OCH3 is 1. The molecule has 14 rings (SSSR count). The van der Waals surface area contributed by atoms with Gasteiger partial charge in [-0.15, -0.1) is 10.6 Å². The molecule has 7 heterocycles. The summed E-state index contributed by atoms with van der Waals surface area (Å²) >= 11 is 0. The lowest BCUT2D eigenvalue weighted by molar-refractivity contribution is -0.150. The van der Waals surface area contributed by atoms with E-state index < -0.39 is 160 Å². The highest BCUT2D eigenvalue weighted by Gasteiger charge is 2.50. The highest BCUT2D eigenvalue weighted by molar-refractivity contribution is 5.99. The maximum atomic E-state index is 16.0. The topological polar surface area (TPSA) is 391 Å². The van der Waals surface area contributed by atoms with Gasteiger partial charge in [0.15, 0.2) is 17.4 Å². The van der Waals surface area contributed by atoms with Gasteiger partial charge in [0.05, 0.1) is 37.1 Å². The van der Waals surface area contributed by atoms with Crippen LogP contribution in [0, 0.1) is 22.5 Å². The number of halogens is 2. The van der Waals surface area contributed by atoms with Crippen LogP contribution in [0.25, 0.3) is 21.5 Å². The van der Waals surface area contributed by atoms with E-state index in [2.05, 4.69) is 69.1 Å². The standard InChI is InChI=1S/C88H107F2N17O14/c1-13-35-105(85(117)75(88(7,8)9)99-77(110)51(3)92-11)83-82(115)96-69(44-55-23-29-58-19-15-17-21-60(58)38-55)79(112)94-67(78(111)93-45-56-39-65(89)73(108)66(90)40-56)41-52-24-30-63(31-25-52)120-48-61-46-106(102-100-61)71-34-36-104(84(116)74(87(4,5)6)98-76(109)50(2)91-10)72(71)81(114)95-68(43-54-22-28-57-18-14-16-20-59(57)37-54)80(113)97-70(86(118)119-12)42-53-26-32-64(33-27-53)121-49-62-47-107(83)103-101-62/h14-33,37-40,46-47,50-51,67-72,74-75,83,91-92,100,102,108H,13,34-36,41-45,48-49H2,1-12H3,(H,93,111)(H,94,112)(H,95,114)(H,96,115)(H,97,113)(H,98,109)(H,99,110)/t50-,51-,67-,68-,69-,70-,71+,72-,74+,75+,83-/m0/s1. The fourth-order valence-electron chi connectivity index (χ4n) is 14.7. The molecule has 0 radical (unpaired) electrons. The summed E-state index contributed by atoms with van der Waals surface area (Å²) in [4.78, 5) is 153. The molecule has 0 saturated carbocycles. The molecule has 0 unspecified atom stereocenters. The first kappa shape index (κ1) is 89.2.